The fourth-order valence-corrected chi connectivity index (χ4v) is 4.54. The first-order valence-corrected chi connectivity index (χ1v) is 9.93. The molecule has 0 aliphatic rings. The number of halogens is 1. The van der Waals surface area contributed by atoms with Crippen LogP contribution in [0.3, 0.4) is 0 Å². The normalized spacial score (nSPS) is 10.7. The zero-order valence-corrected chi connectivity index (χ0v) is 16.1. The predicted octanol–water partition coefficient (Wildman–Crippen LogP) is 4.75. The van der Waals surface area contributed by atoms with Gasteiger partial charge in [-0.3, -0.25) is 20.4 Å². The SMILES string of the molecule is O=C(NNC(=O)c1ccc(-c2nc3ccccc3s2)s1)c1cccc(Cl)c1. The van der Waals surface area contributed by atoms with Crippen LogP contribution in [0.4, 0.5) is 0 Å². The fourth-order valence-electron chi connectivity index (χ4n) is 2.43. The van der Waals surface area contributed by atoms with Crippen LogP contribution in [0.5, 0.6) is 0 Å². The monoisotopic (exact) mass is 413 g/mol. The molecule has 2 N–H and O–H groups in total. The maximum absolute atomic E-state index is 12.3. The van der Waals surface area contributed by atoms with Crippen molar-refractivity contribution in [2.45, 2.75) is 0 Å². The summed E-state index contributed by atoms with van der Waals surface area (Å²) in [6.07, 6.45) is 0. The Morgan fingerprint density at radius 3 is 2.52 bits per heavy atom. The summed E-state index contributed by atoms with van der Waals surface area (Å²) >= 11 is 8.77. The summed E-state index contributed by atoms with van der Waals surface area (Å²) < 4.78 is 1.10. The summed E-state index contributed by atoms with van der Waals surface area (Å²) in [5, 5.41) is 1.32. The number of para-hydroxylation sites is 1. The van der Waals surface area contributed by atoms with E-state index in [0.717, 1.165) is 20.1 Å². The Morgan fingerprint density at radius 1 is 0.889 bits per heavy atom. The first-order valence-electron chi connectivity index (χ1n) is 7.92. The van der Waals surface area contributed by atoms with Crippen molar-refractivity contribution in [1.82, 2.24) is 15.8 Å². The Bertz CT molecular complexity index is 1120. The Balaban J connectivity index is 1.45. The average Bonchev–Trinajstić information content (AvgIpc) is 3.32. The lowest BCUT2D eigenvalue weighted by molar-refractivity contribution is 0.0849. The van der Waals surface area contributed by atoms with Gasteiger partial charge in [-0.25, -0.2) is 4.98 Å². The summed E-state index contributed by atoms with van der Waals surface area (Å²) in [5.74, 6) is -0.823. The van der Waals surface area contributed by atoms with Gasteiger partial charge in [0.1, 0.15) is 5.01 Å². The smallest absolute Gasteiger partial charge is 0.267 e. The molecule has 0 radical (unpaired) electrons. The van der Waals surface area contributed by atoms with E-state index in [4.69, 9.17) is 11.6 Å². The fraction of sp³-hybridized carbons (Fsp3) is 0. The minimum Gasteiger partial charge on any atom is -0.267 e. The van der Waals surface area contributed by atoms with E-state index in [1.807, 2.05) is 30.3 Å². The van der Waals surface area contributed by atoms with E-state index in [0.29, 0.717) is 15.5 Å². The molecule has 2 aromatic carbocycles. The van der Waals surface area contributed by atoms with E-state index in [-0.39, 0.29) is 5.91 Å². The number of benzene rings is 2. The molecule has 0 atom stereocenters. The number of amides is 2. The molecule has 0 saturated heterocycles. The first kappa shape index (κ1) is 17.7. The molecule has 0 aliphatic heterocycles. The second-order valence-electron chi connectivity index (χ2n) is 5.57. The lowest BCUT2D eigenvalue weighted by atomic mass is 10.2. The van der Waals surface area contributed by atoms with Crippen LogP contribution >= 0.6 is 34.3 Å². The summed E-state index contributed by atoms with van der Waals surface area (Å²) in [7, 11) is 0. The topological polar surface area (TPSA) is 71.1 Å². The largest absolute Gasteiger partial charge is 0.279 e. The molecule has 134 valence electrons. The van der Waals surface area contributed by atoms with Gasteiger partial charge in [0.15, 0.2) is 0 Å². The highest BCUT2D eigenvalue weighted by Crippen LogP contribution is 2.34. The molecule has 4 rings (SSSR count). The third-order valence-electron chi connectivity index (χ3n) is 3.71. The summed E-state index contributed by atoms with van der Waals surface area (Å²) in [4.78, 5) is 30.4. The van der Waals surface area contributed by atoms with Gasteiger partial charge >= 0.3 is 0 Å². The van der Waals surface area contributed by atoms with Gasteiger partial charge in [0.25, 0.3) is 11.8 Å². The van der Waals surface area contributed by atoms with Crippen LogP contribution in [-0.2, 0) is 0 Å². The highest BCUT2D eigenvalue weighted by molar-refractivity contribution is 7.26. The number of nitrogens with one attached hydrogen (secondary N) is 2. The van der Waals surface area contributed by atoms with Gasteiger partial charge in [-0.05, 0) is 42.5 Å². The van der Waals surface area contributed by atoms with E-state index in [2.05, 4.69) is 15.8 Å². The van der Waals surface area contributed by atoms with Crippen LogP contribution < -0.4 is 10.9 Å². The van der Waals surface area contributed by atoms with Crippen molar-refractivity contribution in [3.8, 4) is 9.88 Å². The van der Waals surface area contributed by atoms with Crippen molar-refractivity contribution in [3.63, 3.8) is 0 Å². The number of carbonyl (C=O) groups excluding carboxylic acids is 2. The molecule has 0 unspecified atom stereocenters. The lowest BCUT2D eigenvalue weighted by Crippen LogP contribution is -2.41. The molecule has 4 aromatic rings. The van der Waals surface area contributed by atoms with Crippen LogP contribution in [-0.4, -0.2) is 16.8 Å². The zero-order chi connectivity index (χ0) is 18.8. The third kappa shape index (κ3) is 3.85. The molecule has 0 fully saturated rings. The maximum Gasteiger partial charge on any atom is 0.279 e. The van der Waals surface area contributed by atoms with Gasteiger partial charge in [-0.2, -0.15) is 0 Å². The number of aromatic nitrogens is 1. The second kappa shape index (κ2) is 7.48. The van der Waals surface area contributed by atoms with Crippen LogP contribution in [0.25, 0.3) is 20.1 Å². The Morgan fingerprint density at radius 2 is 1.70 bits per heavy atom. The van der Waals surface area contributed by atoms with Crippen LogP contribution in [0.2, 0.25) is 5.02 Å². The quantitative estimate of drug-likeness (QED) is 0.476. The number of thiophene rings is 1. The minimum atomic E-state index is -0.436. The van der Waals surface area contributed by atoms with Crippen LogP contribution in [0, 0.1) is 0 Å². The average molecular weight is 414 g/mol. The van der Waals surface area contributed by atoms with Crippen molar-refractivity contribution in [2.75, 3.05) is 0 Å². The number of hydrogen-bond donors (Lipinski definition) is 2. The Labute approximate surface area is 167 Å². The van der Waals surface area contributed by atoms with Crippen molar-refractivity contribution >= 4 is 56.3 Å². The van der Waals surface area contributed by atoms with E-state index < -0.39 is 5.91 Å². The van der Waals surface area contributed by atoms with E-state index in [9.17, 15) is 9.59 Å². The van der Waals surface area contributed by atoms with Gasteiger partial charge in [0.2, 0.25) is 0 Å². The Hall–Kier alpha value is -2.74. The van der Waals surface area contributed by atoms with E-state index in [1.54, 1.807) is 35.6 Å². The number of hydrogen-bond acceptors (Lipinski definition) is 5. The summed E-state index contributed by atoms with van der Waals surface area (Å²) in [6.45, 7) is 0. The molecule has 0 saturated carbocycles. The number of carbonyl (C=O) groups is 2. The number of hydrazine groups is 1. The summed E-state index contributed by atoms with van der Waals surface area (Å²) in [6, 6.07) is 18.0. The van der Waals surface area contributed by atoms with Crippen LogP contribution in [0.1, 0.15) is 20.0 Å². The highest BCUT2D eigenvalue weighted by Gasteiger charge is 2.14. The number of nitrogens with zero attached hydrogens (tertiary/aromatic N) is 1. The Kier molecular flexibility index (Phi) is 4.89. The standard InChI is InChI=1S/C19H12ClN3O2S2/c20-12-5-3-4-11(10-12)17(24)22-23-18(25)15-8-9-16(26-15)19-21-13-6-1-2-7-14(13)27-19/h1-10H,(H,22,24)(H,23,25). The van der Waals surface area contributed by atoms with E-state index in [1.165, 1.54) is 17.4 Å². The van der Waals surface area contributed by atoms with E-state index >= 15 is 0 Å². The molecule has 2 heterocycles. The molecule has 0 spiro atoms. The minimum absolute atomic E-state index is 0.365. The molecule has 0 aliphatic carbocycles. The van der Waals surface area contributed by atoms with Crippen LogP contribution in [0.15, 0.2) is 60.7 Å². The third-order valence-corrected chi connectivity index (χ3v) is 6.24. The van der Waals surface area contributed by atoms with Crippen molar-refractivity contribution in [3.05, 3.63) is 76.1 Å². The molecular weight excluding hydrogens is 402 g/mol. The second-order valence-corrected chi connectivity index (χ2v) is 8.12. The zero-order valence-electron chi connectivity index (χ0n) is 13.7. The van der Waals surface area contributed by atoms with Gasteiger partial charge < -0.3 is 0 Å². The number of rotatable bonds is 3. The highest BCUT2D eigenvalue weighted by atomic mass is 35.5. The van der Waals surface area contributed by atoms with Gasteiger partial charge in [0, 0.05) is 10.6 Å². The van der Waals surface area contributed by atoms with Gasteiger partial charge in [-0.15, -0.1) is 22.7 Å². The molecule has 0 bridgehead atoms. The predicted molar refractivity (Wildman–Crippen MR) is 109 cm³/mol. The van der Waals surface area contributed by atoms with Gasteiger partial charge in [0.05, 0.1) is 20.0 Å². The lowest BCUT2D eigenvalue weighted by Gasteiger charge is -2.06. The molecule has 27 heavy (non-hydrogen) atoms. The van der Waals surface area contributed by atoms with Crippen molar-refractivity contribution < 1.29 is 9.59 Å². The molecule has 2 amide bonds. The molecule has 8 heteroatoms. The molecule has 5 nitrogen and oxygen atoms in total. The molecular formula is C19H12ClN3O2S2. The number of thiazole rings is 1. The summed E-state index contributed by atoms with van der Waals surface area (Å²) in [5.41, 5.74) is 6.11. The first-order chi connectivity index (χ1) is 13.1. The molecule has 2 aromatic heterocycles. The maximum atomic E-state index is 12.3. The van der Waals surface area contributed by atoms with Crippen molar-refractivity contribution in [1.29, 1.82) is 0 Å². The number of fused-ring (bicyclic) bond motifs is 1. The van der Waals surface area contributed by atoms with Crippen molar-refractivity contribution in [2.24, 2.45) is 0 Å². The van der Waals surface area contributed by atoms with Gasteiger partial charge in [-0.1, -0.05) is 29.8 Å².